The van der Waals surface area contributed by atoms with E-state index in [2.05, 4.69) is 0 Å². The number of aliphatic carboxylic acids is 1. The minimum absolute atomic E-state index is 0.318. The second-order valence-corrected chi connectivity index (χ2v) is 4.28. The molecule has 7 nitrogen and oxygen atoms in total. The molecule has 0 saturated carbocycles. The number of amides is 3. The summed E-state index contributed by atoms with van der Waals surface area (Å²) in [5, 5.41) is 10.3. The van der Waals surface area contributed by atoms with Crippen molar-refractivity contribution in [3.8, 4) is 0 Å². The van der Waals surface area contributed by atoms with Gasteiger partial charge in [-0.15, -0.1) is 0 Å². The predicted molar refractivity (Wildman–Crippen MR) is 74.0 cm³/mol. The van der Waals surface area contributed by atoms with E-state index in [1.807, 2.05) is 0 Å². The summed E-state index contributed by atoms with van der Waals surface area (Å²) < 4.78 is 0. The van der Waals surface area contributed by atoms with Crippen molar-refractivity contribution < 1.29 is 24.3 Å². The van der Waals surface area contributed by atoms with Crippen molar-refractivity contribution in [3.05, 3.63) is 30.3 Å². The number of carbonyl (C=O) groups excluding carboxylic acids is 3. The maximum absolute atomic E-state index is 12.2. The van der Waals surface area contributed by atoms with Gasteiger partial charge >= 0.3 is 5.97 Å². The van der Waals surface area contributed by atoms with Crippen LogP contribution < -0.4 is 5.01 Å². The average Bonchev–Trinajstić information content (AvgIpc) is 2.42. The number of hydrazine groups is 1. The molecule has 1 rings (SSSR count). The Balaban J connectivity index is 3.16. The Morgan fingerprint density at radius 3 is 1.90 bits per heavy atom. The van der Waals surface area contributed by atoms with Gasteiger partial charge in [0.25, 0.3) is 0 Å². The zero-order valence-electron chi connectivity index (χ0n) is 11.8. The van der Waals surface area contributed by atoms with Crippen molar-refractivity contribution in [1.29, 1.82) is 0 Å². The van der Waals surface area contributed by atoms with E-state index in [1.54, 1.807) is 30.3 Å². The number of hydrogen-bond acceptors (Lipinski definition) is 4. The van der Waals surface area contributed by atoms with E-state index in [0.717, 1.165) is 18.9 Å². The molecular formula is C14H16N2O5. The summed E-state index contributed by atoms with van der Waals surface area (Å²) in [6.45, 7) is 2.31. The van der Waals surface area contributed by atoms with E-state index >= 15 is 0 Å². The van der Waals surface area contributed by atoms with Crippen LogP contribution in [0.2, 0.25) is 0 Å². The maximum atomic E-state index is 12.2. The third-order valence-corrected chi connectivity index (χ3v) is 2.59. The van der Waals surface area contributed by atoms with Crippen LogP contribution in [0.1, 0.15) is 26.7 Å². The lowest BCUT2D eigenvalue weighted by atomic mass is 10.2. The second kappa shape index (κ2) is 7.18. The van der Waals surface area contributed by atoms with Gasteiger partial charge in [-0.1, -0.05) is 18.2 Å². The van der Waals surface area contributed by atoms with Gasteiger partial charge in [0, 0.05) is 20.3 Å². The van der Waals surface area contributed by atoms with Crippen LogP contribution in [0.25, 0.3) is 0 Å². The minimum atomic E-state index is -1.13. The number of imide groups is 1. The van der Waals surface area contributed by atoms with Crippen molar-refractivity contribution in [2.45, 2.75) is 26.7 Å². The number of carbonyl (C=O) groups is 4. The Kier molecular flexibility index (Phi) is 5.59. The molecule has 0 saturated heterocycles. The Morgan fingerprint density at radius 2 is 1.48 bits per heavy atom. The third-order valence-electron chi connectivity index (χ3n) is 2.59. The molecule has 21 heavy (non-hydrogen) atoms. The van der Waals surface area contributed by atoms with Gasteiger partial charge in [0.05, 0.1) is 12.1 Å². The number of nitrogens with zero attached hydrogens (tertiary/aromatic N) is 2. The van der Waals surface area contributed by atoms with E-state index < -0.39 is 23.7 Å². The van der Waals surface area contributed by atoms with Crippen LogP contribution in [0.15, 0.2) is 30.3 Å². The molecule has 112 valence electrons. The van der Waals surface area contributed by atoms with Gasteiger partial charge < -0.3 is 5.11 Å². The number of rotatable bonds is 4. The fraction of sp³-hybridized carbons (Fsp3) is 0.286. The van der Waals surface area contributed by atoms with Gasteiger partial charge in [-0.05, 0) is 12.1 Å². The summed E-state index contributed by atoms with van der Waals surface area (Å²) >= 11 is 0. The molecule has 1 aromatic rings. The fourth-order valence-corrected chi connectivity index (χ4v) is 1.76. The molecule has 0 aliphatic carbocycles. The molecule has 0 fully saturated rings. The summed E-state index contributed by atoms with van der Waals surface area (Å²) in [6, 6.07) is 8.11. The molecule has 0 aliphatic heterocycles. The Hall–Kier alpha value is -2.70. The SMILES string of the molecule is CC(=O)N(C(C)=O)N(C(=O)CCC(=O)O)c1ccccc1. The highest BCUT2D eigenvalue weighted by Crippen LogP contribution is 2.18. The summed E-state index contributed by atoms with van der Waals surface area (Å²) in [4.78, 5) is 46.1. The standard InChI is InChI=1S/C14H16N2O5/c1-10(17)15(11(2)18)16(12-6-4-3-5-7-12)13(19)8-9-14(20)21/h3-7H,8-9H2,1-2H3,(H,20,21). The molecule has 0 unspecified atom stereocenters. The Bertz CT molecular complexity index is 542. The molecule has 0 atom stereocenters. The first-order valence-electron chi connectivity index (χ1n) is 6.25. The van der Waals surface area contributed by atoms with Crippen molar-refractivity contribution in [3.63, 3.8) is 0 Å². The number of hydrogen-bond donors (Lipinski definition) is 1. The topological polar surface area (TPSA) is 95.0 Å². The van der Waals surface area contributed by atoms with Gasteiger partial charge in [0.15, 0.2) is 0 Å². The quantitative estimate of drug-likeness (QED) is 0.841. The lowest BCUT2D eigenvalue weighted by molar-refractivity contribution is -0.146. The lowest BCUT2D eigenvalue weighted by Gasteiger charge is -2.31. The maximum Gasteiger partial charge on any atom is 0.303 e. The van der Waals surface area contributed by atoms with Crippen molar-refractivity contribution >= 4 is 29.4 Å². The van der Waals surface area contributed by atoms with Crippen LogP contribution in [0.4, 0.5) is 5.69 Å². The smallest absolute Gasteiger partial charge is 0.303 e. The van der Waals surface area contributed by atoms with Gasteiger partial charge in [0.2, 0.25) is 17.7 Å². The lowest BCUT2D eigenvalue weighted by Crippen LogP contribution is -2.51. The third kappa shape index (κ3) is 4.41. The summed E-state index contributed by atoms with van der Waals surface area (Å²) in [6.07, 6.45) is -0.701. The second-order valence-electron chi connectivity index (χ2n) is 4.28. The van der Waals surface area contributed by atoms with Crippen LogP contribution in [0.3, 0.4) is 0 Å². The van der Waals surface area contributed by atoms with Crippen LogP contribution in [-0.2, 0) is 19.2 Å². The zero-order valence-corrected chi connectivity index (χ0v) is 11.8. The molecule has 1 aromatic carbocycles. The van der Waals surface area contributed by atoms with Crippen LogP contribution in [-0.4, -0.2) is 33.8 Å². The summed E-state index contributed by atoms with van der Waals surface area (Å²) in [7, 11) is 0. The predicted octanol–water partition coefficient (Wildman–Crippen LogP) is 1.19. The van der Waals surface area contributed by atoms with Crippen LogP contribution >= 0.6 is 0 Å². The molecule has 0 heterocycles. The minimum Gasteiger partial charge on any atom is -0.481 e. The normalized spacial score (nSPS) is 9.81. The molecule has 0 spiro atoms. The van der Waals surface area contributed by atoms with E-state index in [0.29, 0.717) is 10.7 Å². The number of para-hydroxylation sites is 1. The highest BCUT2D eigenvalue weighted by Gasteiger charge is 2.28. The molecule has 0 aromatic heterocycles. The molecule has 0 aliphatic rings. The average molecular weight is 292 g/mol. The Morgan fingerprint density at radius 1 is 0.952 bits per heavy atom. The Labute approximate surface area is 121 Å². The highest BCUT2D eigenvalue weighted by molar-refractivity contribution is 6.04. The van der Waals surface area contributed by atoms with Crippen LogP contribution in [0.5, 0.6) is 0 Å². The van der Waals surface area contributed by atoms with Crippen LogP contribution in [0, 0.1) is 0 Å². The summed E-state index contributed by atoms with van der Waals surface area (Å²) in [5.41, 5.74) is 0.318. The van der Waals surface area contributed by atoms with E-state index in [9.17, 15) is 19.2 Å². The molecule has 1 N–H and O–H groups in total. The van der Waals surface area contributed by atoms with Gasteiger partial charge in [-0.25, -0.2) is 5.01 Å². The first-order chi connectivity index (χ1) is 9.84. The molecule has 3 amide bonds. The molecule has 0 bridgehead atoms. The number of anilines is 1. The number of benzene rings is 1. The number of carboxylic acids is 1. The van der Waals surface area contributed by atoms with Gasteiger partial charge in [-0.2, -0.15) is 5.01 Å². The number of carboxylic acid groups (broad SMARTS) is 1. The zero-order chi connectivity index (χ0) is 16.0. The van der Waals surface area contributed by atoms with Gasteiger partial charge in [0.1, 0.15) is 0 Å². The monoisotopic (exact) mass is 292 g/mol. The first kappa shape index (κ1) is 16.4. The molecule has 0 radical (unpaired) electrons. The largest absolute Gasteiger partial charge is 0.481 e. The van der Waals surface area contributed by atoms with Crippen molar-refractivity contribution in [2.24, 2.45) is 0 Å². The van der Waals surface area contributed by atoms with E-state index in [-0.39, 0.29) is 12.8 Å². The molecule has 7 heteroatoms. The van der Waals surface area contributed by atoms with Gasteiger partial charge in [-0.3, -0.25) is 19.2 Å². The fourth-order valence-electron chi connectivity index (χ4n) is 1.76. The summed E-state index contributed by atoms with van der Waals surface area (Å²) in [5.74, 6) is -3.03. The van der Waals surface area contributed by atoms with E-state index in [1.165, 1.54) is 0 Å². The first-order valence-corrected chi connectivity index (χ1v) is 6.25. The van der Waals surface area contributed by atoms with Crippen molar-refractivity contribution in [2.75, 3.05) is 5.01 Å². The highest BCUT2D eigenvalue weighted by atomic mass is 16.4. The molecular weight excluding hydrogens is 276 g/mol. The van der Waals surface area contributed by atoms with E-state index in [4.69, 9.17) is 5.11 Å². The van der Waals surface area contributed by atoms with Crippen molar-refractivity contribution in [1.82, 2.24) is 5.01 Å².